The van der Waals surface area contributed by atoms with Crippen LogP contribution in [0.25, 0.3) is 0 Å². The summed E-state index contributed by atoms with van der Waals surface area (Å²) in [6.45, 7) is 1.78. The van der Waals surface area contributed by atoms with Crippen LogP contribution in [0, 0.1) is 11.3 Å². The lowest BCUT2D eigenvalue weighted by Gasteiger charge is -2.10. The van der Waals surface area contributed by atoms with Crippen molar-refractivity contribution in [3.63, 3.8) is 0 Å². The van der Waals surface area contributed by atoms with Crippen LogP contribution >= 0.6 is 11.6 Å². The molecule has 1 unspecified atom stereocenters. The molecule has 3 nitrogen and oxygen atoms in total. The van der Waals surface area contributed by atoms with E-state index in [1.807, 2.05) is 6.07 Å². The van der Waals surface area contributed by atoms with Crippen molar-refractivity contribution in [3.05, 3.63) is 34.9 Å². The van der Waals surface area contributed by atoms with E-state index in [2.05, 4.69) is 5.32 Å². The topological polar surface area (TPSA) is 52.9 Å². The van der Waals surface area contributed by atoms with E-state index in [1.165, 1.54) is 0 Å². The molecule has 0 aliphatic rings. The maximum atomic E-state index is 11.6. The first-order valence-electron chi connectivity index (χ1n) is 4.57. The number of nitriles is 1. The normalized spacial score (nSPS) is 11.5. The van der Waals surface area contributed by atoms with E-state index < -0.39 is 0 Å². The minimum absolute atomic E-state index is 0.151. The van der Waals surface area contributed by atoms with Gasteiger partial charge in [0.25, 0.3) is 5.91 Å². The first-order chi connectivity index (χ1) is 7.13. The lowest BCUT2D eigenvalue weighted by molar-refractivity contribution is 0.0941. The molecule has 15 heavy (non-hydrogen) atoms. The number of carbonyl (C=O) groups excluding carboxylic acids is 1. The third-order valence-corrected chi connectivity index (χ3v) is 2.10. The minimum Gasteiger partial charge on any atom is -0.349 e. The monoisotopic (exact) mass is 222 g/mol. The molecule has 1 N–H and O–H groups in total. The average Bonchev–Trinajstić information content (AvgIpc) is 2.18. The second-order valence-electron chi connectivity index (χ2n) is 3.25. The fourth-order valence-electron chi connectivity index (χ4n) is 1.12. The van der Waals surface area contributed by atoms with E-state index in [0.29, 0.717) is 17.0 Å². The molecule has 0 radical (unpaired) electrons. The molecule has 0 heterocycles. The summed E-state index contributed by atoms with van der Waals surface area (Å²) in [5.74, 6) is -0.208. The van der Waals surface area contributed by atoms with E-state index in [9.17, 15) is 4.79 Å². The van der Waals surface area contributed by atoms with Crippen LogP contribution in [0.15, 0.2) is 24.3 Å². The Morgan fingerprint density at radius 3 is 3.00 bits per heavy atom. The first kappa shape index (κ1) is 11.5. The number of benzene rings is 1. The smallest absolute Gasteiger partial charge is 0.251 e. The molecule has 0 saturated carbocycles. The third kappa shape index (κ3) is 3.61. The molecule has 0 fully saturated rings. The van der Waals surface area contributed by atoms with Crippen LogP contribution in [0.5, 0.6) is 0 Å². The van der Waals surface area contributed by atoms with Crippen molar-refractivity contribution < 1.29 is 4.79 Å². The summed E-state index contributed by atoms with van der Waals surface area (Å²) in [6, 6.07) is 8.54. The number of nitrogens with one attached hydrogen (secondary N) is 1. The Kier molecular flexibility index (Phi) is 4.14. The SMILES string of the molecule is CC(CC#N)NC(=O)c1cccc(Cl)c1. The Labute approximate surface area is 93.7 Å². The molecule has 1 aromatic rings. The molecule has 78 valence electrons. The number of rotatable bonds is 3. The number of amides is 1. The number of halogens is 1. The number of nitrogens with zero attached hydrogens (tertiary/aromatic N) is 1. The zero-order valence-electron chi connectivity index (χ0n) is 8.33. The average molecular weight is 223 g/mol. The van der Waals surface area contributed by atoms with Crippen molar-refractivity contribution in [1.82, 2.24) is 5.32 Å². The summed E-state index contributed by atoms with van der Waals surface area (Å²) in [4.78, 5) is 11.6. The van der Waals surface area contributed by atoms with E-state index >= 15 is 0 Å². The molecule has 4 heteroatoms. The molecule has 0 aromatic heterocycles. The van der Waals surface area contributed by atoms with E-state index in [1.54, 1.807) is 31.2 Å². The van der Waals surface area contributed by atoms with Crippen LogP contribution in [-0.2, 0) is 0 Å². The maximum Gasteiger partial charge on any atom is 0.251 e. The molecule has 1 aromatic carbocycles. The van der Waals surface area contributed by atoms with Crippen molar-refractivity contribution in [2.24, 2.45) is 0 Å². The summed E-state index contributed by atoms with van der Waals surface area (Å²) in [7, 11) is 0. The summed E-state index contributed by atoms with van der Waals surface area (Å²) < 4.78 is 0. The Balaban J connectivity index is 2.66. The van der Waals surface area contributed by atoms with Gasteiger partial charge in [-0.1, -0.05) is 17.7 Å². The Morgan fingerprint density at radius 1 is 1.67 bits per heavy atom. The van der Waals surface area contributed by atoms with Crippen molar-refractivity contribution in [1.29, 1.82) is 5.26 Å². The van der Waals surface area contributed by atoms with Crippen LogP contribution in [0.3, 0.4) is 0 Å². The minimum atomic E-state index is -0.208. The molecule has 1 rings (SSSR count). The third-order valence-electron chi connectivity index (χ3n) is 1.86. The van der Waals surface area contributed by atoms with Crippen molar-refractivity contribution >= 4 is 17.5 Å². The van der Waals surface area contributed by atoms with E-state index in [-0.39, 0.29) is 11.9 Å². The van der Waals surface area contributed by atoms with Gasteiger partial charge in [0.05, 0.1) is 12.5 Å². The van der Waals surface area contributed by atoms with Gasteiger partial charge in [-0.2, -0.15) is 5.26 Å². The predicted octanol–water partition coefficient (Wildman–Crippen LogP) is 2.37. The fraction of sp³-hybridized carbons (Fsp3) is 0.273. The molecular formula is C11H11ClN2O. The van der Waals surface area contributed by atoms with Gasteiger partial charge in [-0.25, -0.2) is 0 Å². The summed E-state index contributed by atoms with van der Waals surface area (Å²) >= 11 is 5.75. The Bertz CT molecular complexity index is 398. The number of carbonyl (C=O) groups is 1. The molecule has 0 aliphatic carbocycles. The van der Waals surface area contributed by atoms with Gasteiger partial charge in [0.1, 0.15) is 0 Å². The lowest BCUT2D eigenvalue weighted by Crippen LogP contribution is -2.32. The highest BCUT2D eigenvalue weighted by atomic mass is 35.5. The van der Waals surface area contributed by atoms with E-state index in [4.69, 9.17) is 16.9 Å². The molecule has 1 atom stereocenters. The van der Waals surface area contributed by atoms with Gasteiger partial charge in [-0.05, 0) is 25.1 Å². The van der Waals surface area contributed by atoms with E-state index in [0.717, 1.165) is 0 Å². The van der Waals surface area contributed by atoms with Gasteiger partial charge in [0, 0.05) is 16.6 Å². The number of hydrogen-bond acceptors (Lipinski definition) is 2. The highest BCUT2D eigenvalue weighted by molar-refractivity contribution is 6.30. The van der Waals surface area contributed by atoms with Crippen LogP contribution in [-0.4, -0.2) is 11.9 Å². The highest BCUT2D eigenvalue weighted by Gasteiger charge is 2.09. The fourth-order valence-corrected chi connectivity index (χ4v) is 1.32. The maximum absolute atomic E-state index is 11.6. The standard InChI is InChI=1S/C11H11ClN2O/c1-8(5-6-13)14-11(15)9-3-2-4-10(12)7-9/h2-4,7-8H,5H2,1H3,(H,14,15). The number of hydrogen-bond donors (Lipinski definition) is 1. The van der Waals surface area contributed by atoms with Crippen LogP contribution in [0.4, 0.5) is 0 Å². The van der Waals surface area contributed by atoms with Crippen LogP contribution in [0.1, 0.15) is 23.7 Å². The Morgan fingerprint density at radius 2 is 2.40 bits per heavy atom. The zero-order chi connectivity index (χ0) is 11.3. The molecule has 1 amide bonds. The first-order valence-corrected chi connectivity index (χ1v) is 4.94. The summed E-state index contributed by atoms with van der Waals surface area (Å²) in [6.07, 6.45) is 0.298. The summed E-state index contributed by atoms with van der Waals surface area (Å²) in [5.41, 5.74) is 0.507. The Hall–Kier alpha value is -1.53. The van der Waals surface area contributed by atoms with Gasteiger partial charge >= 0.3 is 0 Å². The van der Waals surface area contributed by atoms with Gasteiger partial charge in [0.2, 0.25) is 0 Å². The van der Waals surface area contributed by atoms with Crippen LogP contribution in [0.2, 0.25) is 5.02 Å². The zero-order valence-corrected chi connectivity index (χ0v) is 9.08. The van der Waals surface area contributed by atoms with Gasteiger partial charge in [-0.3, -0.25) is 4.79 Å². The van der Waals surface area contributed by atoms with Gasteiger partial charge < -0.3 is 5.32 Å². The van der Waals surface area contributed by atoms with Crippen LogP contribution < -0.4 is 5.32 Å². The molecule has 0 saturated heterocycles. The second-order valence-corrected chi connectivity index (χ2v) is 3.68. The van der Waals surface area contributed by atoms with Gasteiger partial charge in [-0.15, -0.1) is 0 Å². The second kappa shape index (κ2) is 5.38. The molecule has 0 bridgehead atoms. The molecular weight excluding hydrogens is 212 g/mol. The predicted molar refractivity (Wildman–Crippen MR) is 58.6 cm³/mol. The molecule has 0 spiro atoms. The lowest BCUT2D eigenvalue weighted by atomic mass is 10.2. The van der Waals surface area contributed by atoms with Crippen molar-refractivity contribution in [3.8, 4) is 6.07 Å². The summed E-state index contributed by atoms with van der Waals surface area (Å²) in [5, 5.41) is 11.7. The van der Waals surface area contributed by atoms with Crippen molar-refractivity contribution in [2.75, 3.05) is 0 Å². The van der Waals surface area contributed by atoms with Crippen molar-refractivity contribution in [2.45, 2.75) is 19.4 Å². The highest BCUT2D eigenvalue weighted by Crippen LogP contribution is 2.10. The quantitative estimate of drug-likeness (QED) is 0.854. The molecule has 0 aliphatic heterocycles. The van der Waals surface area contributed by atoms with Gasteiger partial charge in [0.15, 0.2) is 0 Å². The largest absolute Gasteiger partial charge is 0.349 e.